The predicted octanol–water partition coefficient (Wildman–Crippen LogP) is 2.21. The van der Waals surface area contributed by atoms with E-state index in [9.17, 15) is 9.59 Å². The monoisotopic (exact) mass is 391 g/mol. The fraction of sp³-hybridized carbons (Fsp3) is 0.333. The molecule has 0 heterocycles. The molecule has 1 aromatic carbocycles. The van der Waals surface area contributed by atoms with Crippen LogP contribution in [-0.4, -0.2) is 44.0 Å². The summed E-state index contributed by atoms with van der Waals surface area (Å²) < 4.78 is 1.65. The van der Waals surface area contributed by atoms with Crippen LogP contribution >= 0.6 is 31.9 Å². The number of carbonyl (C=O) groups excluding carboxylic acids is 2. The van der Waals surface area contributed by atoms with Gasteiger partial charge in [0, 0.05) is 41.7 Å². The van der Waals surface area contributed by atoms with Crippen LogP contribution in [0, 0.1) is 0 Å². The molecular weight excluding hydrogens is 378 g/mol. The van der Waals surface area contributed by atoms with Gasteiger partial charge in [-0.1, -0.05) is 31.9 Å². The number of hydrogen-bond acceptors (Lipinski definition) is 2. The Morgan fingerprint density at radius 3 is 2.11 bits per heavy atom. The summed E-state index contributed by atoms with van der Waals surface area (Å²) in [5.74, 6) is -0.180. The van der Waals surface area contributed by atoms with Crippen LogP contribution in [0.1, 0.15) is 10.4 Å². The fourth-order valence-corrected chi connectivity index (χ4v) is 2.58. The van der Waals surface area contributed by atoms with Gasteiger partial charge in [-0.3, -0.25) is 4.79 Å². The fourth-order valence-electron chi connectivity index (χ4n) is 1.29. The summed E-state index contributed by atoms with van der Waals surface area (Å²) in [6.45, 7) is 0.764. The predicted molar refractivity (Wildman–Crippen MR) is 81.3 cm³/mol. The van der Waals surface area contributed by atoms with Crippen molar-refractivity contribution in [3.8, 4) is 0 Å². The third kappa shape index (κ3) is 5.61. The summed E-state index contributed by atoms with van der Waals surface area (Å²) in [6.07, 6.45) is 0. The molecule has 0 saturated carbocycles. The second-order valence-electron chi connectivity index (χ2n) is 4.04. The van der Waals surface area contributed by atoms with Crippen molar-refractivity contribution < 1.29 is 9.59 Å². The Morgan fingerprint density at radius 2 is 1.58 bits per heavy atom. The number of halogens is 2. The molecule has 3 amide bonds. The Bertz CT molecular complexity index is 458. The molecule has 1 aromatic rings. The van der Waals surface area contributed by atoms with Crippen LogP contribution in [-0.2, 0) is 0 Å². The van der Waals surface area contributed by atoms with Gasteiger partial charge in [0.05, 0.1) is 0 Å². The smallest absolute Gasteiger partial charge is 0.316 e. The lowest BCUT2D eigenvalue weighted by Gasteiger charge is -2.12. The van der Waals surface area contributed by atoms with Crippen LogP contribution < -0.4 is 10.6 Å². The highest BCUT2D eigenvalue weighted by atomic mass is 79.9. The largest absolute Gasteiger partial charge is 0.350 e. The summed E-state index contributed by atoms with van der Waals surface area (Å²) in [4.78, 5) is 24.5. The lowest BCUT2D eigenvalue weighted by Crippen LogP contribution is -2.39. The zero-order valence-corrected chi connectivity index (χ0v) is 13.8. The van der Waals surface area contributed by atoms with E-state index in [0.29, 0.717) is 18.7 Å². The topological polar surface area (TPSA) is 61.4 Å². The minimum atomic E-state index is -0.181. The number of nitrogens with one attached hydrogen (secondary N) is 2. The Labute approximate surface area is 129 Å². The van der Waals surface area contributed by atoms with E-state index in [1.54, 1.807) is 26.2 Å². The molecule has 0 unspecified atom stereocenters. The molecule has 19 heavy (non-hydrogen) atoms. The maximum Gasteiger partial charge on any atom is 0.316 e. The molecule has 0 fully saturated rings. The zero-order chi connectivity index (χ0) is 14.4. The van der Waals surface area contributed by atoms with E-state index >= 15 is 0 Å². The molecular formula is C12H15Br2N3O2. The van der Waals surface area contributed by atoms with Gasteiger partial charge >= 0.3 is 6.03 Å². The van der Waals surface area contributed by atoms with E-state index in [2.05, 4.69) is 42.5 Å². The second kappa shape index (κ2) is 7.49. The molecule has 0 radical (unpaired) electrons. The molecule has 0 atom stereocenters. The Morgan fingerprint density at radius 1 is 1.05 bits per heavy atom. The number of nitrogens with zero attached hydrogens (tertiary/aromatic N) is 1. The quantitative estimate of drug-likeness (QED) is 0.771. The van der Waals surface area contributed by atoms with Crippen molar-refractivity contribution in [2.45, 2.75) is 0 Å². The SMILES string of the molecule is CN(C)C(=O)NCCNC(=O)c1cc(Br)cc(Br)c1. The molecule has 104 valence electrons. The first kappa shape index (κ1) is 16.0. The summed E-state index contributed by atoms with van der Waals surface area (Å²) in [5, 5.41) is 5.40. The van der Waals surface area contributed by atoms with Crippen LogP contribution in [0.15, 0.2) is 27.1 Å². The van der Waals surface area contributed by atoms with Crippen LogP contribution in [0.25, 0.3) is 0 Å². The van der Waals surface area contributed by atoms with E-state index in [1.165, 1.54) is 4.90 Å². The molecule has 7 heteroatoms. The average Bonchev–Trinajstić information content (AvgIpc) is 2.32. The first-order chi connectivity index (χ1) is 8.90. The number of hydrogen-bond donors (Lipinski definition) is 2. The van der Waals surface area contributed by atoms with E-state index in [-0.39, 0.29) is 11.9 Å². The van der Waals surface area contributed by atoms with Crippen LogP contribution in [0.4, 0.5) is 4.79 Å². The van der Waals surface area contributed by atoms with Crippen LogP contribution in [0.5, 0.6) is 0 Å². The van der Waals surface area contributed by atoms with Crippen molar-refractivity contribution in [3.63, 3.8) is 0 Å². The highest BCUT2D eigenvalue weighted by Gasteiger charge is 2.07. The van der Waals surface area contributed by atoms with Gasteiger partial charge in [-0.05, 0) is 18.2 Å². The molecule has 0 aliphatic rings. The zero-order valence-electron chi connectivity index (χ0n) is 10.7. The Balaban J connectivity index is 2.41. The standard InChI is InChI=1S/C12H15Br2N3O2/c1-17(2)12(19)16-4-3-15-11(18)8-5-9(13)7-10(14)6-8/h5-7H,3-4H2,1-2H3,(H,15,18)(H,16,19). The van der Waals surface area contributed by atoms with Crippen LogP contribution in [0.3, 0.4) is 0 Å². The molecule has 0 bridgehead atoms. The molecule has 0 saturated heterocycles. The van der Waals surface area contributed by atoms with Gasteiger partial charge < -0.3 is 15.5 Å². The van der Waals surface area contributed by atoms with Gasteiger partial charge in [0.1, 0.15) is 0 Å². The average molecular weight is 393 g/mol. The van der Waals surface area contributed by atoms with Crippen molar-refractivity contribution >= 4 is 43.8 Å². The first-order valence-corrected chi connectivity index (χ1v) is 7.18. The highest BCUT2D eigenvalue weighted by Crippen LogP contribution is 2.19. The minimum Gasteiger partial charge on any atom is -0.350 e. The summed E-state index contributed by atoms with van der Waals surface area (Å²) >= 11 is 6.65. The maximum absolute atomic E-state index is 11.9. The van der Waals surface area contributed by atoms with Crippen molar-refractivity contribution in [3.05, 3.63) is 32.7 Å². The van der Waals surface area contributed by atoms with Crippen molar-refractivity contribution in [1.82, 2.24) is 15.5 Å². The lowest BCUT2D eigenvalue weighted by atomic mass is 10.2. The Kier molecular flexibility index (Phi) is 6.30. The number of urea groups is 1. The van der Waals surface area contributed by atoms with Crippen molar-refractivity contribution in [2.24, 2.45) is 0 Å². The van der Waals surface area contributed by atoms with Crippen LogP contribution in [0.2, 0.25) is 0 Å². The third-order valence-corrected chi connectivity index (χ3v) is 3.13. The Hall–Kier alpha value is -1.08. The summed E-state index contributed by atoms with van der Waals surface area (Å²) in [6, 6.07) is 5.14. The second-order valence-corrected chi connectivity index (χ2v) is 5.87. The van der Waals surface area contributed by atoms with E-state index in [4.69, 9.17) is 0 Å². The molecule has 0 aromatic heterocycles. The van der Waals surface area contributed by atoms with E-state index < -0.39 is 0 Å². The minimum absolute atomic E-state index is 0.180. The lowest BCUT2D eigenvalue weighted by molar-refractivity contribution is 0.0953. The molecule has 0 aliphatic heterocycles. The van der Waals surface area contributed by atoms with Gasteiger partial charge in [-0.15, -0.1) is 0 Å². The van der Waals surface area contributed by atoms with Gasteiger partial charge in [-0.25, -0.2) is 4.79 Å². The highest BCUT2D eigenvalue weighted by molar-refractivity contribution is 9.11. The van der Waals surface area contributed by atoms with Gasteiger partial charge in [0.25, 0.3) is 5.91 Å². The third-order valence-electron chi connectivity index (χ3n) is 2.22. The van der Waals surface area contributed by atoms with Gasteiger partial charge in [0.2, 0.25) is 0 Å². The normalized spacial score (nSPS) is 9.89. The molecule has 0 aliphatic carbocycles. The van der Waals surface area contributed by atoms with Gasteiger partial charge in [0.15, 0.2) is 0 Å². The maximum atomic E-state index is 11.9. The summed E-state index contributed by atoms with van der Waals surface area (Å²) in [5.41, 5.74) is 0.556. The van der Waals surface area contributed by atoms with E-state index in [1.807, 2.05) is 6.07 Å². The summed E-state index contributed by atoms with van der Waals surface area (Å²) in [7, 11) is 3.32. The molecule has 5 nitrogen and oxygen atoms in total. The number of carbonyl (C=O) groups is 2. The van der Waals surface area contributed by atoms with Crippen molar-refractivity contribution in [2.75, 3.05) is 27.2 Å². The molecule has 1 rings (SSSR count). The van der Waals surface area contributed by atoms with Crippen molar-refractivity contribution in [1.29, 1.82) is 0 Å². The molecule has 0 spiro atoms. The number of rotatable bonds is 4. The van der Waals surface area contributed by atoms with Gasteiger partial charge in [-0.2, -0.15) is 0 Å². The number of amides is 3. The van der Waals surface area contributed by atoms with E-state index in [0.717, 1.165) is 8.95 Å². The molecule has 2 N–H and O–H groups in total. The first-order valence-electron chi connectivity index (χ1n) is 5.59. The number of benzene rings is 1.